The Hall–Kier alpha value is -1.31. The van der Waals surface area contributed by atoms with Crippen LogP contribution in [-0.4, -0.2) is 24.4 Å². The first-order chi connectivity index (χ1) is 7.06. The summed E-state index contributed by atoms with van der Waals surface area (Å²) in [4.78, 5) is 13.5. The van der Waals surface area contributed by atoms with Crippen LogP contribution in [0.5, 0.6) is 0 Å². The molecule has 0 aliphatic carbocycles. The first kappa shape index (κ1) is 11.8. The fourth-order valence-electron chi connectivity index (χ4n) is 1.37. The number of hydrogen-bond acceptors (Lipinski definition) is 1. The van der Waals surface area contributed by atoms with Gasteiger partial charge in [-0.1, -0.05) is 26.0 Å². The Labute approximate surface area is 91.9 Å². The molecule has 0 radical (unpaired) electrons. The SMILES string of the molecule is CCN(C)C(=O)c1ccc(C(C)C)cc1. The summed E-state index contributed by atoms with van der Waals surface area (Å²) in [6.07, 6.45) is 0. The molecule has 1 rings (SSSR count). The Morgan fingerprint density at radius 2 is 1.80 bits per heavy atom. The van der Waals surface area contributed by atoms with E-state index < -0.39 is 0 Å². The van der Waals surface area contributed by atoms with Gasteiger partial charge in [0, 0.05) is 19.2 Å². The third-order valence-electron chi connectivity index (χ3n) is 2.65. The van der Waals surface area contributed by atoms with Gasteiger partial charge >= 0.3 is 0 Å². The molecule has 2 heteroatoms. The van der Waals surface area contributed by atoms with Crippen LogP contribution >= 0.6 is 0 Å². The van der Waals surface area contributed by atoms with E-state index in [2.05, 4.69) is 13.8 Å². The lowest BCUT2D eigenvalue weighted by molar-refractivity contribution is 0.0802. The largest absolute Gasteiger partial charge is 0.342 e. The van der Waals surface area contributed by atoms with Crippen molar-refractivity contribution in [1.29, 1.82) is 0 Å². The normalized spacial score (nSPS) is 10.5. The summed E-state index contributed by atoms with van der Waals surface area (Å²) in [6.45, 7) is 7.01. The Kier molecular flexibility index (Phi) is 3.89. The van der Waals surface area contributed by atoms with E-state index in [0.717, 1.165) is 12.1 Å². The lowest BCUT2D eigenvalue weighted by atomic mass is 10.0. The van der Waals surface area contributed by atoms with Crippen LogP contribution in [0.1, 0.15) is 42.6 Å². The van der Waals surface area contributed by atoms with Crippen molar-refractivity contribution in [3.63, 3.8) is 0 Å². The minimum absolute atomic E-state index is 0.0906. The van der Waals surface area contributed by atoms with Gasteiger partial charge in [0.05, 0.1) is 0 Å². The van der Waals surface area contributed by atoms with Crippen molar-refractivity contribution in [1.82, 2.24) is 4.90 Å². The smallest absolute Gasteiger partial charge is 0.253 e. The topological polar surface area (TPSA) is 20.3 Å². The second-order valence-corrected chi connectivity index (χ2v) is 4.10. The third-order valence-corrected chi connectivity index (χ3v) is 2.65. The van der Waals surface area contributed by atoms with Crippen molar-refractivity contribution in [2.24, 2.45) is 0 Å². The predicted octanol–water partition coefficient (Wildman–Crippen LogP) is 2.90. The van der Waals surface area contributed by atoms with E-state index in [-0.39, 0.29) is 5.91 Å². The second-order valence-electron chi connectivity index (χ2n) is 4.10. The van der Waals surface area contributed by atoms with Crippen molar-refractivity contribution in [3.8, 4) is 0 Å². The summed E-state index contributed by atoms with van der Waals surface area (Å²) in [5.74, 6) is 0.603. The van der Waals surface area contributed by atoms with E-state index in [0.29, 0.717) is 5.92 Å². The summed E-state index contributed by atoms with van der Waals surface area (Å²) in [5, 5.41) is 0. The van der Waals surface area contributed by atoms with E-state index in [1.807, 2.05) is 38.2 Å². The minimum atomic E-state index is 0.0906. The molecule has 0 aromatic heterocycles. The molecular formula is C13H19NO. The highest BCUT2D eigenvalue weighted by molar-refractivity contribution is 5.94. The molecule has 1 amide bonds. The Morgan fingerprint density at radius 1 is 1.27 bits per heavy atom. The number of rotatable bonds is 3. The van der Waals surface area contributed by atoms with Crippen LogP contribution in [-0.2, 0) is 0 Å². The van der Waals surface area contributed by atoms with E-state index >= 15 is 0 Å². The molecule has 2 nitrogen and oxygen atoms in total. The van der Waals surface area contributed by atoms with E-state index in [1.54, 1.807) is 4.90 Å². The number of amides is 1. The van der Waals surface area contributed by atoms with Crippen LogP contribution in [0.3, 0.4) is 0 Å². The highest BCUT2D eigenvalue weighted by Crippen LogP contribution is 2.15. The molecule has 0 fully saturated rings. The number of carbonyl (C=O) groups excluding carboxylic acids is 1. The Balaban J connectivity index is 2.84. The Bertz CT molecular complexity index is 327. The first-order valence-electron chi connectivity index (χ1n) is 5.41. The average Bonchev–Trinajstić information content (AvgIpc) is 2.27. The summed E-state index contributed by atoms with van der Waals surface area (Å²) in [5.41, 5.74) is 2.04. The molecular weight excluding hydrogens is 186 g/mol. The monoisotopic (exact) mass is 205 g/mol. The van der Waals surface area contributed by atoms with E-state index in [9.17, 15) is 4.79 Å². The maximum atomic E-state index is 11.8. The van der Waals surface area contributed by atoms with E-state index in [1.165, 1.54) is 5.56 Å². The van der Waals surface area contributed by atoms with Gasteiger partial charge in [0.15, 0.2) is 0 Å². The van der Waals surface area contributed by atoms with Crippen molar-refractivity contribution in [3.05, 3.63) is 35.4 Å². The molecule has 0 saturated carbocycles. The predicted molar refractivity (Wildman–Crippen MR) is 63.2 cm³/mol. The molecule has 15 heavy (non-hydrogen) atoms. The summed E-state index contributed by atoms with van der Waals surface area (Å²) in [7, 11) is 1.82. The number of hydrogen-bond donors (Lipinski definition) is 0. The first-order valence-corrected chi connectivity index (χ1v) is 5.41. The standard InChI is InChI=1S/C13H19NO/c1-5-14(4)13(15)12-8-6-11(7-9-12)10(2)3/h6-10H,5H2,1-4H3. The number of nitrogens with zero attached hydrogens (tertiary/aromatic N) is 1. The van der Waals surface area contributed by atoms with Gasteiger partial charge in [-0.25, -0.2) is 0 Å². The lowest BCUT2D eigenvalue weighted by Crippen LogP contribution is -2.26. The van der Waals surface area contributed by atoms with Gasteiger partial charge in [-0.3, -0.25) is 4.79 Å². The lowest BCUT2D eigenvalue weighted by Gasteiger charge is -2.14. The summed E-state index contributed by atoms with van der Waals surface area (Å²) >= 11 is 0. The molecule has 0 bridgehead atoms. The third kappa shape index (κ3) is 2.82. The van der Waals surface area contributed by atoms with Crippen molar-refractivity contribution in [2.75, 3.05) is 13.6 Å². The zero-order chi connectivity index (χ0) is 11.4. The molecule has 0 N–H and O–H groups in total. The molecule has 0 saturated heterocycles. The quantitative estimate of drug-likeness (QED) is 0.743. The number of carbonyl (C=O) groups is 1. The van der Waals surface area contributed by atoms with Gasteiger partial charge in [0.25, 0.3) is 5.91 Å². The van der Waals surface area contributed by atoms with Crippen LogP contribution in [0.25, 0.3) is 0 Å². The van der Waals surface area contributed by atoms with Crippen molar-refractivity contribution < 1.29 is 4.79 Å². The molecule has 0 aliphatic heterocycles. The molecule has 1 aromatic rings. The van der Waals surface area contributed by atoms with Gasteiger partial charge < -0.3 is 4.90 Å². The van der Waals surface area contributed by atoms with Gasteiger partial charge in [0.1, 0.15) is 0 Å². The van der Waals surface area contributed by atoms with E-state index in [4.69, 9.17) is 0 Å². The van der Waals surface area contributed by atoms with Crippen LogP contribution in [0.4, 0.5) is 0 Å². The highest BCUT2D eigenvalue weighted by Gasteiger charge is 2.09. The molecule has 1 aromatic carbocycles. The minimum Gasteiger partial charge on any atom is -0.342 e. The maximum Gasteiger partial charge on any atom is 0.253 e. The average molecular weight is 205 g/mol. The van der Waals surface area contributed by atoms with Gasteiger partial charge in [0.2, 0.25) is 0 Å². The van der Waals surface area contributed by atoms with Crippen molar-refractivity contribution in [2.45, 2.75) is 26.7 Å². The maximum absolute atomic E-state index is 11.8. The Morgan fingerprint density at radius 3 is 2.20 bits per heavy atom. The molecule has 0 heterocycles. The summed E-state index contributed by atoms with van der Waals surface area (Å²) in [6, 6.07) is 7.87. The molecule has 0 spiro atoms. The summed E-state index contributed by atoms with van der Waals surface area (Å²) < 4.78 is 0. The van der Waals surface area contributed by atoms with Crippen LogP contribution in [0.2, 0.25) is 0 Å². The van der Waals surface area contributed by atoms with Gasteiger partial charge in [-0.2, -0.15) is 0 Å². The second kappa shape index (κ2) is 4.96. The fraction of sp³-hybridized carbons (Fsp3) is 0.462. The molecule has 82 valence electrons. The zero-order valence-electron chi connectivity index (χ0n) is 9.95. The van der Waals surface area contributed by atoms with Gasteiger partial charge in [-0.15, -0.1) is 0 Å². The molecule has 0 atom stereocenters. The molecule has 0 aliphatic rings. The van der Waals surface area contributed by atoms with Gasteiger partial charge in [-0.05, 0) is 30.5 Å². The van der Waals surface area contributed by atoms with Crippen LogP contribution in [0, 0.1) is 0 Å². The number of benzene rings is 1. The fourth-order valence-corrected chi connectivity index (χ4v) is 1.37. The van der Waals surface area contributed by atoms with Crippen LogP contribution < -0.4 is 0 Å². The zero-order valence-corrected chi connectivity index (χ0v) is 9.95. The van der Waals surface area contributed by atoms with Crippen molar-refractivity contribution >= 4 is 5.91 Å². The van der Waals surface area contributed by atoms with Crippen LogP contribution in [0.15, 0.2) is 24.3 Å². The highest BCUT2D eigenvalue weighted by atomic mass is 16.2. The molecule has 0 unspecified atom stereocenters.